The number of hydrogen-bond acceptors (Lipinski definition) is 4. The zero-order valence-electron chi connectivity index (χ0n) is 10.6. The molecule has 2 N–H and O–H groups in total. The van der Waals surface area contributed by atoms with E-state index in [0.717, 1.165) is 12.1 Å². The van der Waals surface area contributed by atoms with Crippen molar-refractivity contribution in [3.05, 3.63) is 33.9 Å². The van der Waals surface area contributed by atoms with Gasteiger partial charge in [-0.15, -0.1) is 0 Å². The Balaban J connectivity index is 2.39. The van der Waals surface area contributed by atoms with E-state index in [4.69, 9.17) is 5.73 Å². The lowest BCUT2D eigenvalue weighted by Gasteiger charge is -2.33. The fourth-order valence-electron chi connectivity index (χ4n) is 2.28. The summed E-state index contributed by atoms with van der Waals surface area (Å²) in [4.78, 5) is 11.4. The Morgan fingerprint density at radius 3 is 2.40 bits per heavy atom. The zero-order valence-corrected chi connectivity index (χ0v) is 10.6. The topological polar surface area (TPSA) is 72.4 Å². The summed E-state index contributed by atoms with van der Waals surface area (Å²) in [5.74, 6) is 0. The van der Waals surface area contributed by atoms with Crippen LogP contribution in [0.3, 0.4) is 0 Å². The van der Waals surface area contributed by atoms with Crippen molar-refractivity contribution in [3.63, 3.8) is 0 Å². The molecule has 0 spiro atoms. The lowest BCUT2D eigenvalue weighted by atomic mass is 10.0. The summed E-state index contributed by atoms with van der Waals surface area (Å²) in [6.07, 6.45) is -3.41. The van der Waals surface area contributed by atoms with Crippen molar-refractivity contribution < 1.29 is 18.1 Å². The van der Waals surface area contributed by atoms with E-state index in [-0.39, 0.29) is 11.7 Å². The average molecular weight is 289 g/mol. The van der Waals surface area contributed by atoms with Crippen LogP contribution in [-0.4, -0.2) is 24.1 Å². The van der Waals surface area contributed by atoms with Crippen LogP contribution in [-0.2, 0) is 6.18 Å². The van der Waals surface area contributed by atoms with Crippen molar-refractivity contribution in [1.29, 1.82) is 0 Å². The quantitative estimate of drug-likeness (QED) is 0.670. The van der Waals surface area contributed by atoms with Crippen LogP contribution in [0.2, 0.25) is 0 Å². The van der Waals surface area contributed by atoms with Gasteiger partial charge in [0.1, 0.15) is 0 Å². The molecule has 1 heterocycles. The second-order valence-corrected chi connectivity index (χ2v) is 4.78. The van der Waals surface area contributed by atoms with Crippen LogP contribution in [0, 0.1) is 10.1 Å². The minimum atomic E-state index is -4.62. The largest absolute Gasteiger partial charge is 0.418 e. The maximum absolute atomic E-state index is 13.0. The number of nitro benzene ring substituents is 1. The highest BCUT2D eigenvalue weighted by molar-refractivity contribution is 5.59. The van der Waals surface area contributed by atoms with Gasteiger partial charge in [0.05, 0.1) is 10.5 Å². The Labute approximate surface area is 113 Å². The molecule has 0 unspecified atom stereocenters. The molecule has 0 bridgehead atoms. The van der Waals surface area contributed by atoms with E-state index < -0.39 is 22.4 Å². The van der Waals surface area contributed by atoms with Gasteiger partial charge in [-0.1, -0.05) is 0 Å². The van der Waals surface area contributed by atoms with Gasteiger partial charge in [0.2, 0.25) is 0 Å². The van der Waals surface area contributed by atoms with E-state index in [1.54, 1.807) is 4.90 Å². The van der Waals surface area contributed by atoms with Gasteiger partial charge in [-0.3, -0.25) is 10.1 Å². The first-order valence-electron chi connectivity index (χ1n) is 6.15. The van der Waals surface area contributed by atoms with Crippen LogP contribution in [0.25, 0.3) is 0 Å². The van der Waals surface area contributed by atoms with E-state index in [9.17, 15) is 23.3 Å². The first kappa shape index (κ1) is 14.6. The number of halogens is 3. The molecule has 1 fully saturated rings. The third-order valence-electron chi connectivity index (χ3n) is 3.38. The second kappa shape index (κ2) is 5.28. The predicted octanol–water partition coefficient (Wildman–Crippen LogP) is 2.54. The zero-order chi connectivity index (χ0) is 14.9. The Morgan fingerprint density at radius 2 is 1.90 bits per heavy atom. The lowest BCUT2D eigenvalue weighted by molar-refractivity contribution is -0.385. The minimum absolute atomic E-state index is 0.00126. The average Bonchev–Trinajstić information content (AvgIpc) is 2.38. The number of nitrogens with zero attached hydrogens (tertiary/aromatic N) is 2. The minimum Gasteiger partial charge on any atom is -0.371 e. The van der Waals surface area contributed by atoms with Crippen LogP contribution >= 0.6 is 0 Å². The molecule has 0 amide bonds. The summed E-state index contributed by atoms with van der Waals surface area (Å²) in [6.45, 7) is 0.837. The van der Waals surface area contributed by atoms with Crippen molar-refractivity contribution in [2.24, 2.45) is 5.73 Å². The van der Waals surface area contributed by atoms with Crippen LogP contribution < -0.4 is 10.6 Å². The van der Waals surface area contributed by atoms with Gasteiger partial charge in [-0.05, 0) is 18.9 Å². The standard InChI is InChI=1S/C12H14F3N3O2/c13-12(14,15)10-7-9(18(19)20)1-2-11(10)17-5-3-8(16)4-6-17/h1-2,7-8H,3-6,16H2. The fourth-order valence-corrected chi connectivity index (χ4v) is 2.28. The molecule has 0 saturated carbocycles. The van der Waals surface area contributed by atoms with E-state index in [1.807, 2.05) is 0 Å². The van der Waals surface area contributed by atoms with Gasteiger partial charge < -0.3 is 10.6 Å². The van der Waals surface area contributed by atoms with Gasteiger partial charge in [0.25, 0.3) is 5.69 Å². The molecular weight excluding hydrogens is 275 g/mol. The smallest absolute Gasteiger partial charge is 0.371 e. The Hall–Kier alpha value is -1.83. The van der Waals surface area contributed by atoms with E-state index in [1.165, 1.54) is 0 Å². The van der Waals surface area contributed by atoms with Gasteiger partial charge >= 0.3 is 6.18 Å². The molecule has 110 valence electrons. The number of alkyl halides is 3. The number of anilines is 1. The molecule has 1 aliphatic rings. The molecule has 1 aliphatic heterocycles. The highest BCUT2D eigenvalue weighted by atomic mass is 19.4. The second-order valence-electron chi connectivity index (χ2n) is 4.78. The Bertz CT molecular complexity index is 511. The highest BCUT2D eigenvalue weighted by Gasteiger charge is 2.37. The number of hydrogen-bond donors (Lipinski definition) is 1. The maximum Gasteiger partial charge on any atom is 0.418 e. The van der Waals surface area contributed by atoms with E-state index in [2.05, 4.69) is 0 Å². The third kappa shape index (κ3) is 3.01. The molecule has 1 aromatic rings. The number of nitro groups is 1. The molecular formula is C12H14F3N3O2. The van der Waals surface area contributed by atoms with E-state index >= 15 is 0 Å². The number of nitrogens with two attached hydrogens (primary N) is 1. The van der Waals surface area contributed by atoms with Crippen molar-refractivity contribution in [2.75, 3.05) is 18.0 Å². The summed E-state index contributed by atoms with van der Waals surface area (Å²) in [7, 11) is 0. The van der Waals surface area contributed by atoms with Crippen molar-refractivity contribution in [1.82, 2.24) is 0 Å². The first-order valence-corrected chi connectivity index (χ1v) is 6.15. The summed E-state index contributed by atoms with van der Waals surface area (Å²) < 4.78 is 39.1. The molecule has 0 aromatic heterocycles. The van der Waals surface area contributed by atoms with Gasteiger partial charge in [-0.25, -0.2) is 0 Å². The van der Waals surface area contributed by atoms with Crippen molar-refractivity contribution in [3.8, 4) is 0 Å². The number of piperidine rings is 1. The lowest BCUT2D eigenvalue weighted by Crippen LogP contribution is -2.40. The molecule has 0 atom stereocenters. The summed E-state index contributed by atoms with van der Waals surface area (Å²) in [5, 5.41) is 10.6. The third-order valence-corrected chi connectivity index (χ3v) is 3.38. The van der Waals surface area contributed by atoms with Gasteiger partial charge in [0.15, 0.2) is 0 Å². The van der Waals surface area contributed by atoms with Crippen LogP contribution in [0.1, 0.15) is 18.4 Å². The molecule has 1 saturated heterocycles. The normalized spacial score (nSPS) is 17.3. The number of benzene rings is 1. The summed E-state index contributed by atoms with van der Waals surface area (Å²) in [5.41, 5.74) is 4.18. The summed E-state index contributed by atoms with van der Waals surface area (Å²) in [6, 6.07) is 2.85. The monoisotopic (exact) mass is 289 g/mol. The highest BCUT2D eigenvalue weighted by Crippen LogP contribution is 2.39. The maximum atomic E-state index is 13.0. The fraction of sp³-hybridized carbons (Fsp3) is 0.500. The van der Waals surface area contributed by atoms with Crippen molar-refractivity contribution >= 4 is 11.4 Å². The van der Waals surface area contributed by atoms with Crippen LogP contribution in [0.5, 0.6) is 0 Å². The summed E-state index contributed by atoms with van der Waals surface area (Å²) >= 11 is 0. The molecule has 20 heavy (non-hydrogen) atoms. The number of non-ortho nitro benzene ring substituents is 1. The first-order chi connectivity index (χ1) is 9.29. The molecule has 1 aromatic carbocycles. The number of rotatable bonds is 2. The van der Waals surface area contributed by atoms with Crippen LogP contribution in [0.4, 0.5) is 24.5 Å². The molecule has 5 nitrogen and oxygen atoms in total. The predicted molar refractivity (Wildman–Crippen MR) is 67.5 cm³/mol. The SMILES string of the molecule is NC1CCN(c2ccc([N+](=O)[O-])cc2C(F)(F)F)CC1. The molecule has 2 rings (SSSR count). The van der Waals surface area contributed by atoms with Crippen molar-refractivity contribution in [2.45, 2.75) is 25.1 Å². The van der Waals surface area contributed by atoms with E-state index in [0.29, 0.717) is 32.0 Å². The van der Waals surface area contributed by atoms with Crippen LogP contribution in [0.15, 0.2) is 18.2 Å². The van der Waals surface area contributed by atoms with Gasteiger partial charge in [-0.2, -0.15) is 13.2 Å². The molecule has 0 radical (unpaired) electrons. The Kier molecular flexibility index (Phi) is 3.85. The molecule has 8 heteroatoms. The van der Waals surface area contributed by atoms with Gasteiger partial charge in [0, 0.05) is 37.0 Å². The Morgan fingerprint density at radius 1 is 1.30 bits per heavy atom. The molecule has 0 aliphatic carbocycles.